The van der Waals surface area contributed by atoms with Crippen LogP contribution in [0.4, 0.5) is 15.8 Å². The number of halogens is 1. The normalized spacial score (nSPS) is 13.9. The summed E-state index contributed by atoms with van der Waals surface area (Å²) in [4.78, 5) is 23.9. The molecule has 0 atom stereocenters. The van der Waals surface area contributed by atoms with Gasteiger partial charge in [-0.1, -0.05) is 25.0 Å². The second kappa shape index (κ2) is 9.88. The fourth-order valence-corrected chi connectivity index (χ4v) is 3.43. The van der Waals surface area contributed by atoms with E-state index in [2.05, 4.69) is 16.0 Å². The van der Waals surface area contributed by atoms with Crippen molar-refractivity contribution >= 4 is 23.2 Å². The van der Waals surface area contributed by atoms with E-state index in [4.69, 9.17) is 0 Å². The van der Waals surface area contributed by atoms with E-state index in [1.165, 1.54) is 37.8 Å². The minimum atomic E-state index is -0.385. The highest BCUT2D eigenvalue weighted by Crippen LogP contribution is 2.25. The van der Waals surface area contributed by atoms with Crippen LogP contribution in [0.3, 0.4) is 0 Å². The van der Waals surface area contributed by atoms with Crippen molar-refractivity contribution in [3.8, 4) is 0 Å². The van der Waals surface area contributed by atoms with Crippen molar-refractivity contribution in [3.05, 3.63) is 59.9 Å². The zero-order valence-electron chi connectivity index (χ0n) is 15.8. The highest BCUT2D eigenvalue weighted by molar-refractivity contribution is 5.94. The Balaban J connectivity index is 1.38. The number of hydrogen-bond acceptors (Lipinski definition) is 3. The molecular formula is C22H26FN3O2. The molecule has 3 rings (SSSR count). The molecule has 0 radical (unpaired) electrons. The lowest BCUT2D eigenvalue weighted by Gasteiger charge is -2.12. The first-order valence-electron chi connectivity index (χ1n) is 9.73. The van der Waals surface area contributed by atoms with Crippen molar-refractivity contribution in [1.29, 1.82) is 0 Å². The molecule has 5 nitrogen and oxygen atoms in total. The van der Waals surface area contributed by atoms with Gasteiger partial charge in [-0.2, -0.15) is 0 Å². The maximum atomic E-state index is 13.1. The zero-order chi connectivity index (χ0) is 19.8. The summed E-state index contributed by atoms with van der Waals surface area (Å²) in [6, 6.07) is 13.4. The highest BCUT2D eigenvalue weighted by Gasteiger charge is 2.14. The number of amides is 2. The lowest BCUT2D eigenvalue weighted by atomic mass is 10.1. The van der Waals surface area contributed by atoms with Crippen molar-refractivity contribution < 1.29 is 14.0 Å². The van der Waals surface area contributed by atoms with Crippen molar-refractivity contribution in [1.82, 2.24) is 5.32 Å². The predicted octanol–water partition coefficient (Wildman–Crippen LogP) is 3.73. The highest BCUT2D eigenvalue weighted by atomic mass is 19.1. The average molecular weight is 383 g/mol. The number of carbonyl (C=O) groups is 2. The predicted molar refractivity (Wildman–Crippen MR) is 109 cm³/mol. The van der Waals surface area contributed by atoms with Crippen LogP contribution in [0.2, 0.25) is 0 Å². The smallest absolute Gasteiger partial charge is 0.243 e. The zero-order valence-corrected chi connectivity index (χ0v) is 15.8. The second-order valence-electron chi connectivity index (χ2n) is 7.24. The van der Waals surface area contributed by atoms with Gasteiger partial charge in [0.2, 0.25) is 11.8 Å². The van der Waals surface area contributed by atoms with Crippen LogP contribution in [0.5, 0.6) is 0 Å². The third kappa shape index (κ3) is 6.37. The van der Waals surface area contributed by atoms with Crippen molar-refractivity contribution in [2.45, 2.75) is 32.1 Å². The first kappa shape index (κ1) is 19.9. The van der Waals surface area contributed by atoms with Gasteiger partial charge in [0, 0.05) is 17.9 Å². The molecule has 0 aliphatic heterocycles. The number of benzene rings is 2. The number of nitrogens with one attached hydrogen (secondary N) is 3. The molecule has 3 N–H and O–H groups in total. The van der Waals surface area contributed by atoms with Gasteiger partial charge < -0.3 is 16.0 Å². The quantitative estimate of drug-likeness (QED) is 0.651. The van der Waals surface area contributed by atoms with E-state index in [1.807, 2.05) is 24.3 Å². The Morgan fingerprint density at radius 3 is 2.39 bits per heavy atom. The third-order valence-electron chi connectivity index (χ3n) is 4.94. The van der Waals surface area contributed by atoms with E-state index in [1.54, 1.807) is 12.1 Å². The Labute approximate surface area is 164 Å². The molecule has 2 amide bonds. The Kier molecular flexibility index (Phi) is 7.00. The largest absolute Gasteiger partial charge is 0.385 e. The van der Waals surface area contributed by atoms with Crippen LogP contribution in [0.1, 0.15) is 31.2 Å². The Bertz CT molecular complexity index is 802. The molecule has 2 aromatic carbocycles. The minimum Gasteiger partial charge on any atom is -0.385 e. The van der Waals surface area contributed by atoms with Gasteiger partial charge >= 0.3 is 0 Å². The molecule has 6 heteroatoms. The van der Waals surface area contributed by atoms with E-state index in [0.29, 0.717) is 11.3 Å². The van der Waals surface area contributed by atoms with E-state index in [-0.39, 0.29) is 30.6 Å². The molecular weight excluding hydrogens is 357 g/mol. The van der Waals surface area contributed by atoms with E-state index in [0.717, 1.165) is 18.2 Å². The van der Waals surface area contributed by atoms with Crippen molar-refractivity contribution in [2.75, 3.05) is 23.7 Å². The van der Waals surface area contributed by atoms with Gasteiger partial charge in [0.15, 0.2) is 0 Å². The molecule has 2 aromatic rings. The molecule has 0 unspecified atom stereocenters. The van der Waals surface area contributed by atoms with Gasteiger partial charge in [0.25, 0.3) is 0 Å². The fourth-order valence-electron chi connectivity index (χ4n) is 3.43. The summed E-state index contributed by atoms with van der Waals surface area (Å²) >= 11 is 0. The maximum absolute atomic E-state index is 13.1. The first-order valence-corrected chi connectivity index (χ1v) is 9.73. The minimum absolute atomic E-state index is 0.0341. The SMILES string of the molecule is O=C(Cc1cccc(F)c1)NCC(=O)Nc1ccc(NCC2CCCC2)cc1. The van der Waals surface area contributed by atoms with Crippen molar-refractivity contribution in [3.63, 3.8) is 0 Å². The topological polar surface area (TPSA) is 70.2 Å². The van der Waals surface area contributed by atoms with Crippen LogP contribution in [-0.2, 0) is 16.0 Å². The molecule has 28 heavy (non-hydrogen) atoms. The van der Waals surface area contributed by atoms with Crippen LogP contribution >= 0.6 is 0 Å². The monoisotopic (exact) mass is 383 g/mol. The number of anilines is 2. The van der Waals surface area contributed by atoms with Gasteiger partial charge in [0.05, 0.1) is 13.0 Å². The molecule has 0 aromatic heterocycles. The number of rotatable bonds is 8. The summed E-state index contributed by atoms with van der Waals surface area (Å²) in [5, 5.41) is 8.74. The Morgan fingerprint density at radius 2 is 1.68 bits per heavy atom. The molecule has 0 heterocycles. The average Bonchev–Trinajstić information content (AvgIpc) is 3.20. The molecule has 148 valence electrons. The summed E-state index contributed by atoms with van der Waals surface area (Å²) in [6.45, 7) is 0.860. The molecule has 1 fully saturated rings. The maximum Gasteiger partial charge on any atom is 0.243 e. The molecule has 0 spiro atoms. The lowest BCUT2D eigenvalue weighted by Crippen LogP contribution is -2.33. The van der Waals surface area contributed by atoms with Crippen molar-refractivity contribution in [2.24, 2.45) is 5.92 Å². The summed E-state index contributed by atoms with van der Waals surface area (Å²) < 4.78 is 13.1. The number of hydrogen-bond donors (Lipinski definition) is 3. The Hall–Kier alpha value is -2.89. The standard InChI is InChI=1S/C22H26FN3O2/c23-18-7-3-6-17(12-18)13-21(27)25-15-22(28)26-20-10-8-19(9-11-20)24-14-16-4-1-2-5-16/h3,6-12,16,24H,1-2,4-5,13-15H2,(H,25,27)(H,26,28). The summed E-state index contributed by atoms with van der Waals surface area (Å²) in [5.74, 6) is -0.258. The van der Waals surface area contributed by atoms with Crippen LogP contribution in [0, 0.1) is 11.7 Å². The molecule has 1 aliphatic rings. The lowest BCUT2D eigenvalue weighted by molar-refractivity contribution is -0.123. The van der Waals surface area contributed by atoms with Crippen LogP contribution < -0.4 is 16.0 Å². The molecule has 1 saturated carbocycles. The summed E-state index contributed by atoms with van der Waals surface area (Å²) in [6.07, 6.45) is 5.29. The van der Waals surface area contributed by atoms with Gasteiger partial charge in [-0.25, -0.2) is 4.39 Å². The summed E-state index contributed by atoms with van der Waals surface area (Å²) in [7, 11) is 0. The Morgan fingerprint density at radius 1 is 0.964 bits per heavy atom. The van der Waals surface area contributed by atoms with Gasteiger partial charge in [-0.15, -0.1) is 0 Å². The second-order valence-corrected chi connectivity index (χ2v) is 7.24. The molecule has 0 saturated heterocycles. The van der Waals surface area contributed by atoms with E-state index in [9.17, 15) is 14.0 Å². The van der Waals surface area contributed by atoms with E-state index >= 15 is 0 Å². The molecule has 0 bridgehead atoms. The first-order chi connectivity index (χ1) is 13.6. The van der Waals surface area contributed by atoms with Gasteiger partial charge in [-0.3, -0.25) is 9.59 Å². The van der Waals surface area contributed by atoms with E-state index < -0.39 is 0 Å². The third-order valence-corrected chi connectivity index (χ3v) is 4.94. The van der Waals surface area contributed by atoms with Crippen LogP contribution in [-0.4, -0.2) is 24.9 Å². The van der Waals surface area contributed by atoms with Gasteiger partial charge in [-0.05, 0) is 60.7 Å². The van der Waals surface area contributed by atoms with Gasteiger partial charge in [0.1, 0.15) is 5.82 Å². The van der Waals surface area contributed by atoms with Crippen LogP contribution in [0.25, 0.3) is 0 Å². The van der Waals surface area contributed by atoms with Crippen LogP contribution in [0.15, 0.2) is 48.5 Å². The fraction of sp³-hybridized carbons (Fsp3) is 0.364. The summed E-state index contributed by atoms with van der Waals surface area (Å²) in [5.41, 5.74) is 2.28. The number of carbonyl (C=O) groups excluding carboxylic acids is 2. The molecule has 1 aliphatic carbocycles.